The van der Waals surface area contributed by atoms with Crippen LogP contribution < -0.4 is 34.3 Å². The topological polar surface area (TPSA) is 121 Å². The molecule has 1 heterocycles. The zero-order chi connectivity index (χ0) is 16.8. The third-order valence-corrected chi connectivity index (χ3v) is 5.66. The summed E-state index contributed by atoms with van der Waals surface area (Å²) in [7, 11) is -8.14. The molecule has 0 aliphatic heterocycles. The quantitative estimate of drug-likeness (QED) is 0.340. The molecule has 0 amide bonds. The summed E-state index contributed by atoms with van der Waals surface area (Å²) in [6.07, 6.45) is 0.877. The fourth-order valence-corrected chi connectivity index (χ4v) is 3.86. The van der Waals surface area contributed by atoms with E-state index in [2.05, 4.69) is 11.6 Å². The van der Waals surface area contributed by atoms with Crippen LogP contribution in [0.25, 0.3) is 0 Å². The van der Waals surface area contributed by atoms with Crippen molar-refractivity contribution in [3.05, 3.63) is 23.4 Å². The van der Waals surface area contributed by atoms with Gasteiger partial charge in [0.1, 0.15) is 4.21 Å². The molecule has 0 spiro atoms. The monoisotopic (exact) mass is 401 g/mol. The summed E-state index contributed by atoms with van der Waals surface area (Å²) in [6.45, 7) is 7.77. The second-order valence-corrected chi connectivity index (χ2v) is 8.67. The molecule has 1 aromatic heterocycles. The Hall–Kier alpha value is 0.770. The van der Waals surface area contributed by atoms with Crippen LogP contribution in [0.15, 0.2) is 16.3 Å². The molecule has 0 unspecified atom stereocenters. The van der Waals surface area contributed by atoms with E-state index in [0.717, 1.165) is 17.8 Å². The van der Waals surface area contributed by atoms with Crippen LogP contribution >= 0.6 is 22.9 Å². The maximum atomic E-state index is 11.9. The van der Waals surface area contributed by atoms with E-state index in [-0.39, 0.29) is 45.7 Å². The molecule has 22 heavy (non-hydrogen) atoms. The third kappa shape index (κ3) is 11.3. The van der Waals surface area contributed by atoms with Crippen LogP contribution in [0.3, 0.4) is 0 Å². The number of hydrogen-bond donors (Lipinski definition) is 3. The van der Waals surface area contributed by atoms with E-state index in [1.807, 2.05) is 13.8 Å². The van der Waals surface area contributed by atoms with Gasteiger partial charge in [-0.25, -0.2) is 13.1 Å². The summed E-state index contributed by atoms with van der Waals surface area (Å²) in [5, 5.41) is 0. The maximum absolute atomic E-state index is 11.9. The minimum absolute atomic E-state index is 0. The molecule has 1 aromatic rings. The van der Waals surface area contributed by atoms with Crippen molar-refractivity contribution in [3.63, 3.8) is 0 Å². The third-order valence-electron chi connectivity index (χ3n) is 2.45. The van der Waals surface area contributed by atoms with E-state index < -0.39 is 20.4 Å². The standard InChI is InChI=1S/C10H15ClNO2S2.Na.H2O4S/c1-4-7(2)8(3)12-16(13,14)10-6-5-9(11)15-10;;1-5(2,3)4/h5-8,12H,3-4H2,1-2H3;;(H2,1,2,3,4)/q-1;+1;/t7-,8-;;/m1../s1. The molecule has 0 saturated heterocycles. The molecule has 12 heteroatoms. The van der Waals surface area contributed by atoms with E-state index in [0.29, 0.717) is 4.34 Å². The minimum Gasteiger partial charge on any atom is -0.325 e. The Morgan fingerprint density at radius 3 is 2.09 bits per heavy atom. The maximum Gasteiger partial charge on any atom is 1.00 e. The Bertz CT molecular complexity index is 637. The van der Waals surface area contributed by atoms with Gasteiger partial charge in [-0.3, -0.25) is 9.11 Å². The molecule has 0 saturated carbocycles. The first kappa shape index (κ1) is 25.0. The first-order valence-electron chi connectivity index (χ1n) is 5.67. The van der Waals surface area contributed by atoms with E-state index in [4.69, 9.17) is 29.1 Å². The van der Waals surface area contributed by atoms with Gasteiger partial charge in [0.2, 0.25) is 10.0 Å². The number of sulfonamides is 1. The van der Waals surface area contributed by atoms with Crippen LogP contribution in [-0.2, 0) is 20.4 Å². The zero-order valence-electron chi connectivity index (χ0n) is 12.4. The van der Waals surface area contributed by atoms with Gasteiger partial charge in [-0.1, -0.05) is 37.8 Å². The van der Waals surface area contributed by atoms with Crippen LogP contribution in [0.1, 0.15) is 20.3 Å². The Morgan fingerprint density at radius 2 is 1.77 bits per heavy atom. The van der Waals surface area contributed by atoms with Crippen molar-refractivity contribution in [2.75, 3.05) is 0 Å². The number of rotatable bonds is 5. The van der Waals surface area contributed by atoms with Crippen molar-refractivity contribution in [3.8, 4) is 0 Å². The first-order valence-corrected chi connectivity index (χ1v) is 9.75. The molecular weight excluding hydrogens is 385 g/mol. The van der Waals surface area contributed by atoms with Gasteiger partial charge in [-0.2, -0.15) is 8.42 Å². The van der Waals surface area contributed by atoms with E-state index in [1.165, 1.54) is 6.07 Å². The average molecular weight is 402 g/mol. The second kappa shape index (κ2) is 10.6. The Kier molecular flexibility index (Phi) is 12.0. The van der Waals surface area contributed by atoms with Crippen molar-refractivity contribution in [2.45, 2.75) is 30.5 Å². The van der Waals surface area contributed by atoms with Crippen LogP contribution in [0.4, 0.5) is 0 Å². The molecule has 0 fully saturated rings. The second-order valence-electron chi connectivity index (χ2n) is 4.12. The largest absolute Gasteiger partial charge is 1.00 e. The van der Waals surface area contributed by atoms with Gasteiger partial charge in [-0.15, -0.1) is 17.4 Å². The molecule has 2 atom stereocenters. The van der Waals surface area contributed by atoms with Crippen molar-refractivity contribution in [1.82, 2.24) is 4.72 Å². The molecule has 3 N–H and O–H groups in total. The summed E-state index contributed by atoms with van der Waals surface area (Å²) >= 11 is 6.75. The number of halogens is 1. The van der Waals surface area contributed by atoms with Crippen LogP contribution in [0.5, 0.6) is 0 Å². The minimum atomic E-state index is -4.67. The molecular formula is C10H17ClNNaO6S3. The zero-order valence-corrected chi connectivity index (χ0v) is 17.6. The van der Waals surface area contributed by atoms with E-state index >= 15 is 0 Å². The van der Waals surface area contributed by atoms with Crippen LogP contribution in [-0.4, -0.2) is 32.0 Å². The van der Waals surface area contributed by atoms with Gasteiger partial charge >= 0.3 is 40.0 Å². The average Bonchev–Trinajstić information content (AvgIpc) is 2.72. The first-order chi connectivity index (χ1) is 9.36. The smallest absolute Gasteiger partial charge is 0.325 e. The molecule has 7 nitrogen and oxygen atoms in total. The van der Waals surface area contributed by atoms with Gasteiger partial charge in [0, 0.05) is 0 Å². The fraction of sp³-hybridized carbons (Fsp3) is 0.500. The number of hydrogen-bond acceptors (Lipinski definition) is 5. The summed E-state index contributed by atoms with van der Waals surface area (Å²) in [5.74, 6) is 0.199. The molecule has 0 aromatic carbocycles. The summed E-state index contributed by atoms with van der Waals surface area (Å²) in [5.41, 5.74) is 0. The molecule has 0 radical (unpaired) electrons. The molecule has 0 aliphatic carbocycles. The number of nitrogens with one attached hydrogen (secondary N) is 1. The predicted octanol–water partition coefficient (Wildman–Crippen LogP) is -0.720. The van der Waals surface area contributed by atoms with Crippen molar-refractivity contribution in [1.29, 1.82) is 0 Å². The summed E-state index contributed by atoms with van der Waals surface area (Å²) in [4.78, 5) is 0. The van der Waals surface area contributed by atoms with Crippen LogP contribution in [0.2, 0.25) is 4.34 Å². The van der Waals surface area contributed by atoms with Gasteiger partial charge in [0.15, 0.2) is 0 Å². The molecule has 0 aliphatic rings. The van der Waals surface area contributed by atoms with Crippen LogP contribution in [0, 0.1) is 12.8 Å². The Labute approximate surface area is 162 Å². The van der Waals surface area contributed by atoms with Crippen molar-refractivity contribution in [2.24, 2.45) is 5.92 Å². The molecule has 124 valence electrons. The number of thiophene rings is 1. The fourth-order valence-electron chi connectivity index (χ4n) is 1.10. The van der Waals surface area contributed by atoms with Gasteiger partial charge in [0.25, 0.3) is 0 Å². The normalized spacial score (nSPS) is 14.3. The van der Waals surface area contributed by atoms with Gasteiger partial charge in [0.05, 0.1) is 4.34 Å². The van der Waals surface area contributed by atoms with E-state index in [1.54, 1.807) is 6.07 Å². The predicted molar refractivity (Wildman–Crippen MR) is 82.4 cm³/mol. The van der Waals surface area contributed by atoms with Gasteiger partial charge < -0.3 is 6.92 Å². The SMILES string of the molecule is O=S(=O)(O)O.[CH2-][C@@H](NS(=O)(=O)c1ccc(Cl)s1)[C@H](C)CC.[Na+]. The van der Waals surface area contributed by atoms with E-state index in [9.17, 15) is 8.42 Å². The molecule has 1 rings (SSSR count). The van der Waals surface area contributed by atoms with Crippen molar-refractivity contribution < 1.29 is 55.5 Å². The molecule has 0 bridgehead atoms. The Morgan fingerprint density at radius 1 is 1.32 bits per heavy atom. The summed E-state index contributed by atoms with van der Waals surface area (Å²) in [6, 6.07) is 2.75. The summed E-state index contributed by atoms with van der Waals surface area (Å²) < 4.78 is 58.6. The Balaban J connectivity index is 0. The van der Waals surface area contributed by atoms with Gasteiger partial charge in [-0.05, 0) is 12.1 Å². The van der Waals surface area contributed by atoms with Crippen molar-refractivity contribution >= 4 is 43.4 Å².